The predicted octanol–water partition coefficient (Wildman–Crippen LogP) is 5.39. The van der Waals surface area contributed by atoms with Crippen molar-refractivity contribution in [2.24, 2.45) is 5.16 Å². The molecule has 3 heterocycles. The summed E-state index contributed by atoms with van der Waals surface area (Å²) < 4.78 is 61.4. The molecule has 13 heteroatoms. The molecule has 1 aromatic heterocycles. The van der Waals surface area contributed by atoms with Gasteiger partial charge in [-0.25, -0.2) is 4.39 Å². The number of hydrogen-bond donors (Lipinski definition) is 1. The highest BCUT2D eigenvalue weighted by Crippen LogP contribution is 2.50. The summed E-state index contributed by atoms with van der Waals surface area (Å²) in [5.74, 6) is -1.14. The molecule has 1 unspecified atom stereocenters. The summed E-state index contributed by atoms with van der Waals surface area (Å²) >= 11 is 12.8. The van der Waals surface area contributed by atoms with Crippen LogP contribution in [-0.4, -0.2) is 43.1 Å². The second-order valence-corrected chi connectivity index (χ2v) is 9.84. The molecule has 0 spiro atoms. The largest absolute Gasteiger partial charge is 0.435 e. The lowest BCUT2D eigenvalue weighted by molar-refractivity contribution is -0.275. The van der Waals surface area contributed by atoms with Gasteiger partial charge in [0.1, 0.15) is 5.84 Å². The third-order valence-corrected chi connectivity index (χ3v) is 7.69. The number of oxime groups is 1. The van der Waals surface area contributed by atoms with E-state index in [1.165, 1.54) is 18.4 Å². The van der Waals surface area contributed by atoms with Crippen LogP contribution in [0.2, 0.25) is 10.0 Å². The number of carbonyl (C=O) groups is 1. The van der Waals surface area contributed by atoms with Crippen molar-refractivity contribution in [1.29, 1.82) is 0 Å². The van der Waals surface area contributed by atoms with Gasteiger partial charge in [-0.15, -0.1) is 11.3 Å². The summed E-state index contributed by atoms with van der Waals surface area (Å²) in [6, 6.07) is 1.71. The summed E-state index contributed by atoms with van der Waals surface area (Å²) in [4.78, 5) is 20.5. The molecule has 2 aliphatic heterocycles. The number of halogens is 6. The minimum atomic E-state index is -4.88. The molecular weight excluding hydrogens is 521 g/mol. The van der Waals surface area contributed by atoms with Crippen LogP contribution in [0, 0.1) is 12.7 Å². The number of amides is 1. The highest BCUT2D eigenvalue weighted by atomic mass is 35.5. The first-order chi connectivity index (χ1) is 16.0. The topological polar surface area (TPSA) is 63.2 Å². The number of alkyl halides is 3. The number of hydrogen-bond acceptors (Lipinski definition) is 6. The maximum Gasteiger partial charge on any atom is 0.435 e. The molecule has 34 heavy (non-hydrogen) atoms. The van der Waals surface area contributed by atoms with Crippen LogP contribution in [0.4, 0.5) is 17.6 Å². The highest BCUT2D eigenvalue weighted by molar-refractivity contribution is 7.14. The summed E-state index contributed by atoms with van der Waals surface area (Å²) in [6.07, 6.45) is -5.51. The number of nitrogens with zero attached hydrogens (tertiary/aromatic N) is 2. The fraction of sp³-hybridized carbons (Fsp3) is 0.429. The Morgan fingerprint density at radius 1 is 1.32 bits per heavy atom. The second kappa shape index (κ2) is 9.18. The Morgan fingerprint density at radius 3 is 2.59 bits per heavy atom. The van der Waals surface area contributed by atoms with Gasteiger partial charge in [-0.05, 0) is 30.2 Å². The van der Waals surface area contributed by atoms with Crippen molar-refractivity contribution >= 4 is 46.3 Å². The van der Waals surface area contributed by atoms with E-state index < -0.39 is 39.6 Å². The van der Waals surface area contributed by atoms with Crippen LogP contribution in [0.3, 0.4) is 0 Å². The molecule has 1 atom stereocenters. The van der Waals surface area contributed by atoms with Gasteiger partial charge in [0.25, 0.3) is 11.5 Å². The average Bonchev–Trinajstić information content (AvgIpc) is 3.46. The van der Waals surface area contributed by atoms with Crippen molar-refractivity contribution in [3.8, 4) is 0 Å². The zero-order chi connectivity index (χ0) is 24.8. The number of methoxy groups -OCH3 is 1. The van der Waals surface area contributed by atoms with E-state index in [2.05, 4.69) is 10.5 Å². The first-order valence-electron chi connectivity index (χ1n) is 10.1. The van der Waals surface area contributed by atoms with E-state index in [-0.39, 0.29) is 24.8 Å². The maximum atomic E-state index is 14.2. The van der Waals surface area contributed by atoms with E-state index in [0.717, 1.165) is 28.1 Å². The molecule has 184 valence electrons. The first kappa shape index (κ1) is 25.0. The summed E-state index contributed by atoms with van der Waals surface area (Å²) in [5, 5.41) is 5.43. The van der Waals surface area contributed by atoms with Gasteiger partial charge in [-0.3, -0.25) is 4.79 Å². The van der Waals surface area contributed by atoms with Gasteiger partial charge in [0.05, 0.1) is 34.5 Å². The van der Waals surface area contributed by atoms with Gasteiger partial charge in [-0.2, -0.15) is 13.2 Å². The molecule has 1 amide bonds. The molecule has 4 rings (SSSR count). The number of thiophene rings is 1. The van der Waals surface area contributed by atoms with Crippen molar-refractivity contribution in [2.45, 2.75) is 38.2 Å². The van der Waals surface area contributed by atoms with Crippen LogP contribution in [0.5, 0.6) is 0 Å². The minimum Gasteiger partial charge on any atom is -0.383 e. The molecule has 0 radical (unpaired) electrons. The van der Waals surface area contributed by atoms with Crippen LogP contribution < -0.4 is 5.32 Å². The minimum absolute atomic E-state index is 0.0859. The Bertz CT molecular complexity index is 1150. The standard InChI is InChI=1S/C21H19Cl2F4N3O3S/c1-10-12-8-30(9-15(12)34-18(10)19(31)28-3-4-32-2)16-7-20(33-29-16,21(25,26)27)11-5-13(22)17(24)14(23)6-11/h5-6H,3-4,7-9H2,1-2H3,(H,28,31). The second-order valence-electron chi connectivity index (χ2n) is 7.92. The third kappa shape index (κ3) is 4.23. The molecule has 0 bridgehead atoms. The van der Waals surface area contributed by atoms with Gasteiger partial charge in [-0.1, -0.05) is 28.4 Å². The van der Waals surface area contributed by atoms with Crippen LogP contribution in [0.25, 0.3) is 0 Å². The summed E-state index contributed by atoms with van der Waals surface area (Å²) in [6.45, 7) is 3.13. The Kier molecular flexibility index (Phi) is 6.75. The molecule has 2 aliphatic rings. The van der Waals surface area contributed by atoms with E-state index in [9.17, 15) is 22.4 Å². The SMILES string of the molecule is COCCNC(=O)c1sc2c(c1C)CN(C1=NOC(c3cc(Cl)c(F)c(Cl)c3)(C(F)(F)F)C1)C2. The molecular formula is C21H19Cl2F4N3O3S. The first-order valence-corrected chi connectivity index (χ1v) is 11.7. The van der Waals surface area contributed by atoms with E-state index in [1.807, 2.05) is 0 Å². The molecule has 0 aliphatic carbocycles. The summed E-state index contributed by atoms with van der Waals surface area (Å²) in [7, 11) is 1.54. The van der Waals surface area contributed by atoms with Crippen LogP contribution in [0.1, 0.15) is 37.7 Å². The van der Waals surface area contributed by atoms with Gasteiger partial charge < -0.3 is 19.8 Å². The number of benzene rings is 1. The van der Waals surface area contributed by atoms with Gasteiger partial charge in [0.2, 0.25) is 0 Å². The molecule has 1 aromatic carbocycles. The number of fused-ring (bicyclic) bond motifs is 1. The van der Waals surface area contributed by atoms with Crippen molar-refractivity contribution < 1.29 is 31.9 Å². The smallest absolute Gasteiger partial charge is 0.383 e. The zero-order valence-corrected chi connectivity index (χ0v) is 20.3. The molecule has 1 N–H and O–H groups in total. The van der Waals surface area contributed by atoms with Crippen molar-refractivity contribution in [3.63, 3.8) is 0 Å². The molecule has 2 aromatic rings. The summed E-state index contributed by atoms with van der Waals surface area (Å²) in [5.41, 5.74) is -1.63. The monoisotopic (exact) mass is 539 g/mol. The van der Waals surface area contributed by atoms with Gasteiger partial charge in [0.15, 0.2) is 5.82 Å². The van der Waals surface area contributed by atoms with Crippen LogP contribution in [0.15, 0.2) is 17.3 Å². The van der Waals surface area contributed by atoms with E-state index in [0.29, 0.717) is 18.0 Å². The van der Waals surface area contributed by atoms with Crippen LogP contribution in [-0.2, 0) is 28.3 Å². The quantitative estimate of drug-likeness (QED) is 0.314. The third-order valence-electron chi connectivity index (χ3n) is 5.82. The van der Waals surface area contributed by atoms with Crippen molar-refractivity contribution in [1.82, 2.24) is 10.2 Å². The van der Waals surface area contributed by atoms with Gasteiger partial charge in [0, 0.05) is 30.6 Å². The predicted molar refractivity (Wildman–Crippen MR) is 120 cm³/mol. The highest BCUT2D eigenvalue weighted by Gasteiger charge is 2.63. The number of ether oxygens (including phenoxy) is 1. The Labute approximate surface area is 206 Å². The fourth-order valence-electron chi connectivity index (χ4n) is 3.95. The lowest BCUT2D eigenvalue weighted by Crippen LogP contribution is -2.44. The molecule has 6 nitrogen and oxygen atoms in total. The molecule has 0 saturated heterocycles. The zero-order valence-electron chi connectivity index (χ0n) is 18.0. The van der Waals surface area contributed by atoms with Gasteiger partial charge >= 0.3 is 6.18 Å². The van der Waals surface area contributed by atoms with Crippen molar-refractivity contribution in [3.05, 3.63) is 54.4 Å². The van der Waals surface area contributed by atoms with E-state index in [4.69, 9.17) is 32.8 Å². The number of amidine groups is 1. The Hall–Kier alpha value is -2.08. The number of rotatable bonds is 5. The lowest BCUT2D eigenvalue weighted by atomic mass is 9.89. The average molecular weight is 540 g/mol. The van der Waals surface area contributed by atoms with E-state index >= 15 is 0 Å². The maximum absolute atomic E-state index is 14.2. The van der Waals surface area contributed by atoms with Crippen LogP contribution >= 0.6 is 34.5 Å². The van der Waals surface area contributed by atoms with Crippen molar-refractivity contribution in [2.75, 3.05) is 20.3 Å². The Balaban J connectivity index is 1.54. The molecule has 0 saturated carbocycles. The number of nitrogens with one attached hydrogen (secondary N) is 1. The Morgan fingerprint density at radius 2 is 2.00 bits per heavy atom. The van der Waals surface area contributed by atoms with E-state index in [1.54, 1.807) is 11.8 Å². The molecule has 0 fully saturated rings. The normalized spacial score (nSPS) is 19.8. The lowest BCUT2D eigenvalue weighted by Gasteiger charge is -2.30. The number of carbonyl (C=O) groups excluding carboxylic acids is 1. The fourth-order valence-corrected chi connectivity index (χ4v) is 5.69.